The van der Waals surface area contributed by atoms with Gasteiger partial charge in [0.25, 0.3) is 0 Å². The molecule has 0 saturated carbocycles. The summed E-state index contributed by atoms with van der Waals surface area (Å²) in [6.07, 6.45) is 3.73. The Balaban J connectivity index is 1.90. The smallest absolute Gasteiger partial charge is 0.310 e. The van der Waals surface area contributed by atoms with E-state index in [1.54, 1.807) is 19.1 Å². The lowest BCUT2D eigenvalue weighted by Gasteiger charge is -2.35. The van der Waals surface area contributed by atoms with Crippen molar-refractivity contribution in [3.63, 3.8) is 0 Å². The van der Waals surface area contributed by atoms with Crippen molar-refractivity contribution in [1.82, 2.24) is 4.98 Å². The average Bonchev–Trinajstić information content (AvgIpc) is 2.83. The molecule has 1 unspecified atom stereocenters. The highest BCUT2D eigenvalue weighted by Gasteiger charge is 2.32. The first kappa shape index (κ1) is 23.5. The monoisotopic (exact) mass is 486 g/mol. The first-order valence-corrected chi connectivity index (χ1v) is 13.0. The topological polar surface area (TPSA) is 76.6 Å². The summed E-state index contributed by atoms with van der Waals surface area (Å²) in [4.78, 5) is 19.3. The molecule has 0 spiro atoms. The Morgan fingerprint density at radius 1 is 1.18 bits per heavy atom. The molecule has 0 N–H and O–H groups in total. The first-order chi connectivity index (χ1) is 15.8. The Morgan fingerprint density at radius 2 is 1.94 bits per heavy atom. The van der Waals surface area contributed by atoms with Gasteiger partial charge < -0.3 is 9.64 Å². The van der Waals surface area contributed by atoms with Crippen molar-refractivity contribution in [3.8, 4) is 0 Å². The van der Waals surface area contributed by atoms with E-state index >= 15 is 0 Å². The second kappa shape index (κ2) is 9.69. The van der Waals surface area contributed by atoms with Crippen LogP contribution in [0.3, 0.4) is 0 Å². The molecule has 1 atom stereocenters. The summed E-state index contributed by atoms with van der Waals surface area (Å²) in [6.45, 7) is 5.22. The maximum Gasteiger partial charge on any atom is 0.310 e. The van der Waals surface area contributed by atoms with Crippen molar-refractivity contribution >= 4 is 44.0 Å². The fraction of sp³-hybridized carbons (Fsp3) is 0.360. The van der Waals surface area contributed by atoms with Gasteiger partial charge in [-0.3, -0.25) is 9.78 Å². The number of nitrogens with zero attached hydrogens (tertiary/aromatic N) is 2. The molecule has 1 aliphatic heterocycles. The second-order valence-corrected chi connectivity index (χ2v) is 10.5. The van der Waals surface area contributed by atoms with Gasteiger partial charge in [0.1, 0.15) is 4.90 Å². The SMILES string of the molecule is CCOC(=O)C1CCCN(c2c(S(=O)(=O)c3ccc(Cl)cc3)cnc3ccc(CC)cc23)C1. The summed E-state index contributed by atoms with van der Waals surface area (Å²) in [6, 6.07) is 12.1. The molecule has 33 heavy (non-hydrogen) atoms. The van der Waals surface area contributed by atoms with E-state index in [1.807, 2.05) is 23.1 Å². The molecule has 1 aromatic heterocycles. The highest BCUT2D eigenvalue weighted by Crippen LogP contribution is 2.38. The fourth-order valence-electron chi connectivity index (χ4n) is 4.32. The number of carbonyl (C=O) groups excluding carboxylic acids is 1. The van der Waals surface area contributed by atoms with Gasteiger partial charge in [-0.05, 0) is 68.1 Å². The van der Waals surface area contributed by atoms with Crippen LogP contribution in [-0.4, -0.2) is 39.1 Å². The molecule has 0 radical (unpaired) electrons. The third kappa shape index (κ3) is 4.70. The number of anilines is 1. The molecule has 4 rings (SSSR count). The van der Waals surface area contributed by atoms with Crippen LogP contribution in [-0.2, 0) is 25.8 Å². The minimum atomic E-state index is -3.87. The van der Waals surface area contributed by atoms with E-state index in [1.165, 1.54) is 18.3 Å². The maximum atomic E-state index is 13.7. The summed E-state index contributed by atoms with van der Waals surface area (Å²) in [5, 5.41) is 1.24. The number of benzene rings is 2. The molecule has 0 aliphatic carbocycles. The van der Waals surface area contributed by atoms with Gasteiger partial charge in [-0.15, -0.1) is 0 Å². The van der Waals surface area contributed by atoms with Gasteiger partial charge in [-0.25, -0.2) is 8.42 Å². The molecule has 2 aromatic carbocycles. The van der Waals surface area contributed by atoms with E-state index in [4.69, 9.17) is 16.3 Å². The first-order valence-electron chi connectivity index (χ1n) is 11.2. The summed E-state index contributed by atoms with van der Waals surface area (Å²) in [5.74, 6) is -0.542. The lowest BCUT2D eigenvalue weighted by atomic mass is 9.97. The van der Waals surface area contributed by atoms with Gasteiger partial charge in [0.15, 0.2) is 0 Å². The van der Waals surface area contributed by atoms with Crippen molar-refractivity contribution < 1.29 is 17.9 Å². The van der Waals surface area contributed by atoms with Crippen LogP contribution in [0.15, 0.2) is 58.5 Å². The van der Waals surface area contributed by atoms with Crippen LogP contribution in [0.1, 0.15) is 32.3 Å². The van der Waals surface area contributed by atoms with Gasteiger partial charge in [0.05, 0.1) is 28.6 Å². The van der Waals surface area contributed by atoms with Crippen LogP contribution in [0.2, 0.25) is 5.02 Å². The Kier molecular flexibility index (Phi) is 6.91. The molecular weight excluding hydrogens is 460 g/mol. The van der Waals surface area contributed by atoms with Gasteiger partial charge in [-0.2, -0.15) is 0 Å². The summed E-state index contributed by atoms with van der Waals surface area (Å²) in [7, 11) is -3.87. The van der Waals surface area contributed by atoms with Crippen LogP contribution >= 0.6 is 11.6 Å². The second-order valence-electron chi connectivity index (χ2n) is 8.17. The van der Waals surface area contributed by atoms with Gasteiger partial charge in [-0.1, -0.05) is 24.6 Å². The molecule has 6 nitrogen and oxygen atoms in total. The number of halogens is 1. The van der Waals surface area contributed by atoms with Crippen molar-refractivity contribution in [1.29, 1.82) is 0 Å². The molecule has 8 heteroatoms. The van der Waals surface area contributed by atoms with Crippen LogP contribution < -0.4 is 4.90 Å². The molecule has 0 bridgehead atoms. The highest BCUT2D eigenvalue weighted by atomic mass is 35.5. The number of aryl methyl sites for hydroxylation is 1. The summed E-state index contributed by atoms with van der Waals surface area (Å²) >= 11 is 5.98. The Morgan fingerprint density at radius 3 is 2.64 bits per heavy atom. The van der Waals surface area contributed by atoms with Crippen LogP contribution in [0, 0.1) is 5.92 Å². The summed E-state index contributed by atoms with van der Waals surface area (Å²) in [5.41, 5.74) is 2.40. The number of aromatic nitrogens is 1. The number of carbonyl (C=O) groups is 1. The molecule has 0 amide bonds. The number of esters is 1. The van der Waals surface area contributed by atoms with Gasteiger partial charge in [0, 0.05) is 29.7 Å². The normalized spacial score (nSPS) is 16.7. The lowest BCUT2D eigenvalue weighted by molar-refractivity contribution is -0.148. The third-order valence-electron chi connectivity index (χ3n) is 6.05. The molecule has 1 aliphatic rings. The highest BCUT2D eigenvalue weighted by molar-refractivity contribution is 7.91. The maximum absolute atomic E-state index is 13.7. The molecule has 174 valence electrons. The number of fused-ring (bicyclic) bond motifs is 1. The number of rotatable bonds is 6. The van der Waals surface area contributed by atoms with Crippen LogP contribution in [0.25, 0.3) is 10.9 Å². The molecule has 1 fully saturated rings. The quantitative estimate of drug-likeness (QED) is 0.453. The number of hydrogen-bond acceptors (Lipinski definition) is 6. The van der Waals surface area contributed by atoms with Crippen molar-refractivity contribution in [3.05, 3.63) is 59.2 Å². The standard InChI is InChI=1S/C25H27ClN2O4S/c1-3-17-7-12-22-21(14-17)24(28-13-5-6-18(16-28)25(29)32-4-2)23(15-27-22)33(30,31)20-10-8-19(26)9-11-20/h7-12,14-15,18H,3-6,13,16H2,1-2H3. The van der Waals surface area contributed by atoms with Crippen molar-refractivity contribution in [2.75, 3.05) is 24.6 Å². The molecule has 1 saturated heterocycles. The van der Waals surface area contributed by atoms with Crippen LogP contribution in [0.4, 0.5) is 5.69 Å². The Labute approximate surface area is 199 Å². The molecule has 2 heterocycles. The number of sulfone groups is 1. The van der Waals surface area contributed by atoms with E-state index < -0.39 is 9.84 Å². The molecular formula is C25H27ClN2O4S. The predicted molar refractivity (Wildman–Crippen MR) is 130 cm³/mol. The lowest BCUT2D eigenvalue weighted by Crippen LogP contribution is -2.40. The van der Waals surface area contributed by atoms with E-state index in [0.717, 1.165) is 35.7 Å². The van der Waals surface area contributed by atoms with E-state index in [0.29, 0.717) is 30.4 Å². The van der Waals surface area contributed by atoms with Gasteiger partial charge in [0.2, 0.25) is 9.84 Å². The Bertz CT molecular complexity index is 1280. The largest absolute Gasteiger partial charge is 0.466 e. The van der Waals surface area contributed by atoms with Crippen molar-refractivity contribution in [2.24, 2.45) is 5.92 Å². The zero-order valence-corrected chi connectivity index (χ0v) is 20.3. The van der Waals surface area contributed by atoms with Crippen molar-refractivity contribution in [2.45, 2.75) is 42.9 Å². The summed E-state index contributed by atoms with van der Waals surface area (Å²) < 4.78 is 32.7. The Hall–Kier alpha value is -2.64. The zero-order chi connectivity index (χ0) is 23.6. The minimum Gasteiger partial charge on any atom is -0.466 e. The average molecular weight is 487 g/mol. The fourth-order valence-corrected chi connectivity index (χ4v) is 5.88. The third-order valence-corrected chi connectivity index (χ3v) is 8.07. The predicted octanol–water partition coefficient (Wildman–Crippen LogP) is 5.06. The van der Waals surface area contributed by atoms with Gasteiger partial charge >= 0.3 is 5.97 Å². The number of pyridine rings is 1. The minimum absolute atomic E-state index is 0.134. The molecule has 3 aromatic rings. The number of ether oxygens (including phenoxy) is 1. The van der Waals surface area contributed by atoms with E-state index in [2.05, 4.69) is 11.9 Å². The number of piperidine rings is 1. The van der Waals surface area contributed by atoms with E-state index in [-0.39, 0.29) is 21.7 Å². The zero-order valence-electron chi connectivity index (χ0n) is 18.8. The number of hydrogen-bond donors (Lipinski definition) is 0. The van der Waals surface area contributed by atoms with E-state index in [9.17, 15) is 13.2 Å². The van der Waals surface area contributed by atoms with Crippen LogP contribution in [0.5, 0.6) is 0 Å².